The molecule has 0 aromatic carbocycles. The van der Waals surface area contributed by atoms with E-state index in [-0.39, 0.29) is 6.61 Å². The Morgan fingerprint density at radius 3 is 2.82 bits per heavy atom. The average molecular weight is 265 g/mol. The van der Waals surface area contributed by atoms with Crippen LogP contribution in [0.15, 0.2) is 11.6 Å². The number of rotatable bonds is 5. The number of phosphoric ester groups is 1. The molecule has 2 atom stereocenters. The van der Waals surface area contributed by atoms with Crippen molar-refractivity contribution in [1.82, 2.24) is 0 Å². The van der Waals surface area contributed by atoms with Crippen LogP contribution >= 0.6 is 7.82 Å². The van der Waals surface area contributed by atoms with Crippen LogP contribution in [0.3, 0.4) is 0 Å². The first-order valence-electron chi connectivity index (χ1n) is 5.18. The molecule has 0 amide bonds. The zero-order valence-electron chi connectivity index (χ0n) is 9.15. The number of hydrogen-bond acceptors (Lipinski definition) is 4. The highest BCUT2D eigenvalue weighted by Crippen LogP contribution is 2.36. The predicted octanol–water partition coefficient (Wildman–Crippen LogP) is 0.234. The maximum absolute atomic E-state index is 10.9. The topological polar surface area (TPSA) is 130 Å². The molecule has 1 aliphatic rings. The van der Waals surface area contributed by atoms with Crippen LogP contribution in [0.25, 0.3) is 0 Å². The molecular formula is C9H16NO6P. The Morgan fingerprint density at radius 1 is 1.65 bits per heavy atom. The van der Waals surface area contributed by atoms with Crippen LogP contribution in [-0.2, 0) is 13.9 Å². The lowest BCUT2D eigenvalue weighted by Crippen LogP contribution is -2.24. The molecule has 0 saturated heterocycles. The van der Waals surface area contributed by atoms with Crippen LogP contribution in [0.2, 0.25) is 0 Å². The molecule has 7 nitrogen and oxygen atoms in total. The number of aliphatic carboxylic acids is 1. The second-order valence-corrected chi connectivity index (χ2v) is 5.21. The minimum Gasteiger partial charge on any atom is -0.481 e. The van der Waals surface area contributed by atoms with Crippen LogP contribution < -0.4 is 5.73 Å². The summed E-state index contributed by atoms with van der Waals surface area (Å²) < 4.78 is 14.7. The highest BCUT2D eigenvalue weighted by atomic mass is 31.2. The summed E-state index contributed by atoms with van der Waals surface area (Å²) >= 11 is 0. The largest absolute Gasteiger partial charge is 0.481 e. The zero-order chi connectivity index (χ0) is 13.1. The predicted molar refractivity (Wildman–Crippen MR) is 59.0 cm³/mol. The maximum Gasteiger partial charge on any atom is 0.469 e. The van der Waals surface area contributed by atoms with Gasteiger partial charge in [-0.15, -0.1) is 0 Å². The van der Waals surface area contributed by atoms with Crippen molar-refractivity contribution in [3.8, 4) is 0 Å². The fourth-order valence-electron chi connectivity index (χ4n) is 1.86. The summed E-state index contributed by atoms with van der Waals surface area (Å²) in [5.41, 5.74) is 6.29. The van der Waals surface area contributed by atoms with Crippen LogP contribution in [0.4, 0.5) is 0 Å². The Labute approximate surface area is 98.5 Å². The normalized spacial score (nSPS) is 25.1. The van der Waals surface area contributed by atoms with Crippen molar-refractivity contribution < 1.29 is 28.8 Å². The molecule has 0 unspecified atom stereocenters. The van der Waals surface area contributed by atoms with E-state index in [0.29, 0.717) is 18.4 Å². The Bertz CT molecular complexity index is 362. The van der Waals surface area contributed by atoms with Crippen molar-refractivity contribution in [3.05, 3.63) is 11.6 Å². The minimum absolute atomic E-state index is 0.333. The Balaban J connectivity index is 2.56. The molecule has 0 aromatic heterocycles. The third kappa shape index (κ3) is 4.97. The summed E-state index contributed by atoms with van der Waals surface area (Å²) in [6.45, 7) is -0.333. The second kappa shape index (κ2) is 5.75. The van der Waals surface area contributed by atoms with Crippen LogP contribution in [0.1, 0.15) is 19.3 Å². The molecule has 5 N–H and O–H groups in total. The lowest BCUT2D eigenvalue weighted by atomic mass is 10.0. The van der Waals surface area contributed by atoms with Crippen molar-refractivity contribution >= 4 is 13.8 Å². The van der Waals surface area contributed by atoms with Gasteiger partial charge in [-0.1, -0.05) is 11.6 Å². The Morgan fingerprint density at radius 2 is 2.29 bits per heavy atom. The van der Waals surface area contributed by atoms with Gasteiger partial charge in [-0.2, -0.15) is 0 Å². The number of hydrogen-bond donors (Lipinski definition) is 4. The first-order valence-corrected chi connectivity index (χ1v) is 6.71. The SMILES string of the molecule is N[C@H](/C=C1/CCC[C@H]1C(=O)O)COP(=O)(O)O. The molecule has 1 fully saturated rings. The van der Waals surface area contributed by atoms with Crippen LogP contribution in [-0.4, -0.2) is 33.5 Å². The molecule has 0 spiro atoms. The first kappa shape index (κ1) is 14.3. The molecule has 1 saturated carbocycles. The van der Waals surface area contributed by atoms with E-state index in [1.807, 2.05) is 0 Å². The molecule has 8 heteroatoms. The number of nitrogens with two attached hydrogens (primary N) is 1. The molecule has 17 heavy (non-hydrogen) atoms. The van der Waals surface area contributed by atoms with Gasteiger partial charge in [-0.3, -0.25) is 9.32 Å². The third-order valence-corrected chi connectivity index (χ3v) is 3.05. The number of carboxylic acids is 1. The number of carboxylic acid groups (broad SMARTS) is 1. The molecule has 0 aliphatic heterocycles. The first-order chi connectivity index (χ1) is 7.79. The smallest absolute Gasteiger partial charge is 0.469 e. The lowest BCUT2D eigenvalue weighted by molar-refractivity contribution is -0.140. The van der Waals surface area contributed by atoms with Gasteiger partial charge in [0.25, 0.3) is 0 Å². The maximum atomic E-state index is 10.9. The molecule has 98 valence electrons. The van der Waals surface area contributed by atoms with Gasteiger partial charge >= 0.3 is 13.8 Å². The minimum atomic E-state index is -4.52. The standard InChI is InChI=1S/C9H16NO6P/c10-7(5-16-17(13,14)15)4-6-2-1-3-8(6)9(11)12/h4,7-8H,1-3,5,10H2,(H,11,12)(H2,13,14,15)/b6-4-/t7-,8-/m1/s1. The number of phosphoric acid groups is 1. The third-order valence-electron chi connectivity index (χ3n) is 2.57. The van der Waals surface area contributed by atoms with Gasteiger partial charge in [0, 0.05) is 6.04 Å². The second-order valence-electron chi connectivity index (χ2n) is 3.97. The van der Waals surface area contributed by atoms with E-state index in [1.54, 1.807) is 0 Å². The summed E-state index contributed by atoms with van der Waals surface area (Å²) in [4.78, 5) is 27.8. The van der Waals surface area contributed by atoms with Gasteiger partial charge < -0.3 is 20.6 Å². The van der Waals surface area contributed by atoms with Crippen molar-refractivity contribution in [2.75, 3.05) is 6.61 Å². The monoisotopic (exact) mass is 265 g/mol. The van der Waals surface area contributed by atoms with E-state index >= 15 is 0 Å². The van der Waals surface area contributed by atoms with Crippen LogP contribution in [0.5, 0.6) is 0 Å². The summed E-state index contributed by atoms with van der Waals surface area (Å²) in [6.07, 6.45) is 3.55. The molecule has 1 aliphatic carbocycles. The zero-order valence-corrected chi connectivity index (χ0v) is 10.0. The van der Waals surface area contributed by atoms with Crippen molar-refractivity contribution in [1.29, 1.82) is 0 Å². The fourth-order valence-corrected chi connectivity index (χ4v) is 2.22. The van der Waals surface area contributed by atoms with Gasteiger partial charge in [0.2, 0.25) is 0 Å². The Hall–Kier alpha value is -0.720. The average Bonchev–Trinajstić information content (AvgIpc) is 2.62. The van der Waals surface area contributed by atoms with Crippen molar-refractivity contribution in [3.63, 3.8) is 0 Å². The molecule has 0 bridgehead atoms. The van der Waals surface area contributed by atoms with Gasteiger partial charge in [0.05, 0.1) is 12.5 Å². The highest BCUT2D eigenvalue weighted by Gasteiger charge is 2.27. The molecule has 0 radical (unpaired) electrons. The van der Waals surface area contributed by atoms with E-state index in [2.05, 4.69) is 4.52 Å². The molecule has 1 rings (SSSR count). The summed E-state index contributed by atoms with van der Waals surface area (Å²) in [6, 6.07) is -0.711. The number of carbonyl (C=O) groups is 1. The fraction of sp³-hybridized carbons (Fsp3) is 0.667. The van der Waals surface area contributed by atoms with Gasteiger partial charge in [0.1, 0.15) is 0 Å². The van der Waals surface area contributed by atoms with E-state index in [1.165, 1.54) is 6.08 Å². The van der Waals surface area contributed by atoms with Crippen molar-refractivity contribution in [2.24, 2.45) is 11.7 Å². The molecular weight excluding hydrogens is 249 g/mol. The summed E-state index contributed by atoms with van der Waals surface area (Å²) in [7, 11) is -4.52. The van der Waals surface area contributed by atoms with E-state index in [0.717, 1.165) is 6.42 Å². The van der Waals surface area contributed by atoms with Gasteiger partial charge in [-0.05, 0) is 19.3 Å². The lowest BCUT2D eigenvalue weighted by Gasteiger charge is -2.12. The summed E-state index contributed by atoms with van der Waals surface area (Å²) in [5, 5.41) is 8.92. The van der Waals surface area contributed by atoms with Crippen molar-refractivity contribution in [2.45, 2.75) is 25.3 Å². The highest BCUT2D eigenvalue weighted by molar-refractivity contribution is 7.46. The van der Waals surface area contributed by atoms with Crippen LogP contribution in [0, 0.1) is 5.92 Å². The van der Waals surface area contributed by atoms with E-state index < -0.39 is 25.8 Å². The quantitative estimate of drug-likeness (QED) is 0.413. The van der Waals surface area contributed by atoms with E-state index in [9.17, 15) is 9.36 Å². The van der Waals surface area contributed by atoms with E-state index in [4.69, 9.17) is 20.6 Å². The molecule has 0 heterocycles. The molecule has 0 aromatic rings. The van der Waals surface area contributed by atoms with Gasteiger partial charge in [-0.25, -0.2) is 4.57 Å². The van der Waals surface area contributed by atoms with Gasteiger partial charge in [0.15, 0.2) is 0 Å². The Kier molecular flexibility index (Phi) is 4.85. The summed E-state index contributed by atoms with van der Waals surface area (Å²) in [5.74, 6) is -1.42.